The first kappa shape index (κ1) is 64.8. The lowest BCUT2D eigenvalue weighted by molar-refractivity contribution is 1.15. The van der Waals surface area contributed by atoms with Gasteiger partial charge < -0.3 is 18.9 Å². The minimum atomic E-state index is -0.348. The topological polar surface area (TPSA) is 16.3 Å². The zero-order valence-electron chi connectivity index (χ0n) is 62.7. The first-order valence-corrected chi connectivity index (χ1v) is 39.9. The van der Waals surface area contributed by atoms with E-state index in [-0.39, 0.29) is 6.71 Å². The van der Waals surface area contributed by atoms with Crippen molar-refractivity contribution >= 4 is 144 Å². The summed E-state index contributed by atoms with van der Waals surface area (Å²) in [7, 11) is 0. The maximum Gasteiger partial charge on any atom is 0.252 e. The summed E-state index contributed by atoms with van der Waals surface area (Å²) in [5.74, 6) is 0. The number of hydrogen-bond donors (Lipinski definition) is 0. The van der Waals surface area contributed by atoms with Crippen molar-refractivity contribution in [1.29, 1.82) is 0 Å². The second kappa shape index (κ2) is 25.8. The molecule has 2 aliphatic heterocycles. The highest BCUT2D eigenvalue weighted by molar-refractivity contribution is 7.00. The van der Waals surface area contributed by atoms with Crippen molar-refractivity contribution in [2.24, 2.45) is 0 Å². The summed E-state index contributed by atoms with van der Waals surface area (Å²) in [4.78, 5) is 5.44. The molecule has 2 aromatic heterocycles. The molecule has 0 saturated carbocycles. The number of nitrogens with zero attached hydrogens (tertiary/aromatic N) is 4. The summed E-state index contributed by atoms with van der Waals surface area (Å²) >= 11 is 0. The lowest BCUT2D eigenvalue weighted by Gasteiger charge is -2.46. The molecule has 0 atom stereocenters. The van der Waals surface area contributed by atoms with Crippen LogP contribution in [0.5, 0.6) is 0 Å². The van der Waals surface area contributed by atoms with Crippen LogP contribution in [0, 0.1) is 0 Å². The van der Waals surface area contributed by atoms with Gasteiger partial charge in [0.05, 0.1) is 39.1 Å². The van der Waals surface area contributed by atoms with E-state index < -0.39 is 0 Å². The van der Waals surface area contributed by atoms with E-state index in [1.165, 1.54) is 86.6 Å². The SMILES string of the molecule is c1ccc(-c2cc(-c3ccccc3)c(N3c4ccc(-c5ccc6c7cccc8cccc(c9cccc5c96)c87)cc4B4c5ccc(-n6c7ccccc7c7ccccc76)cc5N(c5c(-c6ccccc6)cc(-c6ccccc6)cc5-c5ccccc5)c5cc(-n6c7ccccc7c7ccccc76)cc3c54)c(-c3ccccc3)c2)cc1. The van der Waals surface area contributed by atoms with E-state index in [0.29, 0.717) is 0 Å². The third-order valence-electron chi connectivity index (χ3n) is 24.8. The molecule has 4 nitrogen and oxygen atoms in total. The van der Waals surface area contributed by atoms with Crippen molar-refractivity contribution < 1.29 is 0 Å². The molecule has 24 rings (SSSR count). The molecule has 0 spiro atoms. The van der Waals surface area contributed by atoms with Crippen LogP contribution in [-0.2, 0) is 0 Å². The van der Waals surface area contributed by atoms with Crippen LogP contribution in [0.2, 0.25) is 0 Å². The molecule has 20 aromatic carbocycles. The zero-order chi connectivity index (χ0) is 75.3. The maximum absolute atomic E-state index is 2.73. The number of benzene rings is 20. The van der Waals surface area contributed by atoms with Crippen molar-refractivity contribution in [3.8, 4) is 89.3 Å². The zero-order valence-corrected chi connectivity index (χ0v) is 62.7. The van der Waals surface area contributed by atoms with Crippen LogP contribution in [0.4, 0.5) is 34.1 Å². The Morgan fingerprint density at radius 3 is 0.991 bits per heavy atom. The predicted octanol–water partition coefficient (Wildman–Crippen LogP) is 27.7. The van der Waals surface area contributed by atoms with Gasteiger partial charge in [-0.05, 0) is 194 Å². The van der Waals surface area contributed by atoms with Gasteiger partial charge in [0.1, 0.15) is 0 Å². The quantitative estimate of drug-likeness (QED) is 0.0729. The van der Waals surface area contributed by atoms with Crippen LogP contribution in [-0.4, -0.2) is 15.8 Å². The number of rotatable bonds is 11. The van der Waals surface area contributed by atoms with Crippen molar-refractivity contribution in [2.45, 2.75) is 0 Å². The second-order valence-corrected chi connectivity index (χ2v) is 30.9. The summed E-state index contributed by atoms with van der Waals surface area (Å²) in [6.07, 6.45) is 0. The molecule has 0 N–H and O–H groups in total. The first-order valence-electron chi connectivity index (χ1n) is 39.9. The number of para-hydroxylation sites is 4. The standard InChI is InChI=1S/C110H69BN4/c1-7-30-70(31-8-1)78-62-92(72-34-11-3-12-35-72)109(93(63-78)73-36-13-4-14-37-73)114-102-61-56-77(82-58-59-91-89-49-28-43-76-42-27-48-88(106(76)89)90-51-29-50-87(82)107(90)91)66-97(102)111-96-60-57-80(112-98-52-23-19-44-83(98)84-45-20-24-53-99(84)112)67-103(96)115(105-69-81(68-104(114)108(105)111)113-100-54-25-21-46-85(100)86-47-22-26-55-101(86)113)110-94(74-38-15-5-16-39-74)64-79(71-32-9-2-10-33-71)65-95(110)75-40-17-6-18-41-75/h1-69H. The van der Waals surface area contributed by atoms with Gasteiger partial charge in [0.25, 0.3) is 6.71 Å². The average molecular weight is 1460 g/mol. The third-order valence-corrected chi connectivity index (χ3v) is 24.8. The molecule has 115 heavy (non-hydrogen) atoms. The molecule has 0 saturated heterocycles. The summed E-state index contributed by atoms with van der Waals surface area (Å²) in [5.41, 5.74) is 32.5. The molecular formula is C110H69BN4. The number of hydrogen-bond acceptors (Lipinski definition) is 2. The lowest BCUT2D eigenvalue weighted by atomic mass is 9.33. The molecule has 0 fully saturated rings. The molecule has 532 valence electrons. The number of aromatic nitrogens is 2. The fourth-order valence-corrected chi connectivity index (χ4v) is 19.9. The van der Waals surface area contributed by atoms with Crippen LogP contribution in [0.3, 0.4) is 0 Å². The highest BCUT2D eigenvalue weighted by Crippen LogP contribution is 2.56. The van der Waals surface area contributed by atoms with Gasteiger partial charge in [-0.15, -0.1) is 0 Å². The van der Waals surface area contributed by atoms with E-state index in [1.54, 1.807) is 0 Å². The van der Waals surface area contributed by atoms with Gasteiger partial charge in [0.2, 0.25) is 0 Å². The van der Waals surface area contributed by atoms with Gasteiger partial charge in [0.15, 0.2) is 0 Å². The van der Waals surface area contributed by atoms with Crippen molar-refractivity contribution in [1.82, 2.24) is 9.13 Å². The Labute approximate surface area is 666 Å². The minimum absolute atomic E-state index is 0.348. The van der Waals surface area contributed by atoms with Crippen LogP contribution >= 0.6 is 0 Å². The van der Waals surface area contributed by atoms with Crippen molar-refractivity contribution in [3.05, 3.63) is 419 Å². The smallest absolute Gasteiger partial charge is 0.252 e. The summed E-state index contributed by atoms with van der Waals surface area (Å²) in [6.45, 7) is -0.348. The first-order chi connectivity index (χ1) is 57.1. The lowest BCUT2D eigenvalue weighted by Crippen LogP contribution is -2.61. The maximum atomic E-state index is 2.73. The summed E-state index contributed by atoms with van der Waals surface area (Å²) < 4.78 is 5.06. The predicted molar refractivity (Wildman–Crippen MR) is 488 cm³/mol. The van der Waals surface area contributed by atoms with E-state index in [4.69, 9.17) is 0 Å². The normalized spacial score (nSPS) is 12.5. The molecule has 5 heteroatoms. The molecular weight excluding hydrogens is 1390 g/mol. The van der Waals surface area contributed by atoms with Gasteiger partial charge in [-0.3, -0.25) is 0 Å². The average Bonchev–Trinajstić information content (AvgIpc) is 1.16. The molecule has 0 aliphatic carbocycles. The molecule has 22 aromatic rings. The van der Waals surface area contributed by atoms with Crippen molar-refractivity contribution in [3.63, 3.8) is 0 Å². The van der Waals surface area contributed by atoms with Gasteiger partial charge in [0, 0.05) is 72.2 Å². The summed E-state index contributed by atoms with van der Waals surface area (Å²) in [5, 5.41) is 15.0. The Kier molecular flexibility index (Phi) is 14.5. The molecule has 4 heterocycles. The Balaban J connectivity index is 0.897. The van der Waals surface area contributed by atoms with Gasteiger partial charge in [-0.1, -0.05) is 340 Å². The third kappa shape index (κ3) is 9.94. The highest BCUT2D eigenvalue weighted by Gasteiger charge is 2.46. The second-order valence-electron chi connectivity index (χ2n) is 30.9. The Bertz CT molecular complexity index is 7420. The Morgan fingerprint density at radius 1 is 0.183 bits per heavy atom. The van der Waals surface area contributed by atoms with Crippen LogP contribution in [0.1, 0.15) is 0 Å². The van der Waals surface area contributed by atoms with Gasteiger partial charge >= 0.3 is 0 Å². The van der Waals surface area contributed by atoms with Crippen LogP contribution in [0.15, 0.2) is 419 Å². The van der Waals surface area contributed by atoms with Crippen LogP contribution in [0.25, 0.3) is 176 Å². The van der Waals surface area contributed by atoms with E-state index in [2.05, 4.69) is 438 Å². The monoisotopic (exact) mass is 1460 g/mol. The van der Waals surface area contributed by atoms with E-state index in [1.807, 2.05) is 0 Å². The molecule has 0 radical (unpaired) electrons. The summed E-state index contributed by atoms with van der Waals surface area (Å²) in [6, 6.07) is 158. The fourth-order valence-electron chi connectivity index (χ4n) is 19.9. The largest absolute Gasteiger partial charge is 0.310 e. The molecule has 2 aliphatic rings. The van der Waals surface area contributed by atoms with Gasteiger partial charge in [-0.2, -0.15) is 0 Å². The Hall–Kier alpha value is -15.0. The van der Waals surface area contributed by atoms with E-state index >= 15 is 0 Å². The Morgan fingerprint density at radius 2 is 0.539 bits per heavy atom. The minimum Gasteiger partial charge on any atom is -0.310 e. The number of anilines is 6. The van der Waals surface area contributed by atoms with Gasteiger partial charge in [-0.25, -0.2) is 0 Å². The molecule has 0 amide bonds. The highest BCUT2D eigenvalue weighted by atomic mass is 15.2. The van der Waals surface area contributed by atoms with Crippen molar-refractivity contribution in [2.75, 3.05) is 9.80 Å². The van der Waals surface area contributed by atoms with E-state index in [9.17, 15) is 0 Å². The number of fused-ring (bicyclic) bond motifs is 12. The van der Waals surface area contributed by atoms with E-state index in [0.717, 1.165) is 140 Å². The molecule has 0 unspecified atom stereocenters. The molecule has 0 bridgehead atoms. The fraction of sp³-hybridized carbons (Fsp3) is 0. The van der Waals surface area contributed by atoms with Crippen LogP contribution < -0.4 is 26.2 Å².